The van der Waals surface area contributed by atoms with E-state index in [9.17, 15) is 0 Å². The summed E-state index contributed by atoms with van der Waals surface area (Å²) in [7, 11) is 0. The van der Waals surface area contributed by atoms with Gasteiger partial charge in [0.15, 0.2) is 0 Å². The largest absolute Gasteiger partial charge is 1.00 e. The molecule has 0 spiro atoms. The minimum atomic E-state index is 0. The minimum absolute atomic E-state index is 0. The minimum Gasteiger partial charge on any atom is -0.870 e. The van der Waals surface area contributed by atoms with E-state index in [-0.39, 0.29) is 35.0 Å². The molecule has 2 N–H and O–H groups in total. The van der Waals surface area contributed by atoms with Crippen molar-refractivity contribution in [1.29, 1.82) is 0 Å². The third kappa shape index (κ3) is 3.22. The fourth-order valence-electron chi connectivity index (χ4n) is 0.563. The maximum Gasteiger partial charge on any atom is 1.00 e. The van der Waals surface area contributed by atoms with Gasteiger partial charge in [-0.25, -0.2) is 0 Å². The summed E-state index contributed by atoms with van der Waals surface area (Å²) in [6, 6.07) is 7.25. The molecule has 0 unspecified atom stereocenters. The summed E-state index contributed by atoms with van der Waals surface area (Å²) in [5.74, 6) is 0.368. The van der Waals surface area contributed by atoms with Crippen molar-refractivity contribution >= 4 is 0 Å². The number of hydrogen-bond donors (Lipinski definition) is 1. The summed E-state index contributed by atoms with van der Waals surface area (Å²) < 4.78 is 0. The van der Waals surface area contributed by atoms with Gasteiger partial charge in [-0.3, -0.25) is 0 Å². The second-order valence-corrected chi connectivity index (χ2v) is 1.79. The molecule has 0 radical (unpaired) electrons. The summed E-state index contributed by atoms with van der Waals surface area (Å²) in [4.78, 5) is 0. The fraction of sp³-hybridized carbons (Fsp3) is 0.143. The standard InChI is InChI=1S/C7H8O.Na.H2O/c1-6-4-2-3-5-7(6)8;;/h2-5,8H,1H3;;1H2/q;+1;/p-1. The average molecular weight is 148 g/mol. The first-order valence-electron chi connectivity index (χ1n) is 2.55. The Labute approximate surface area is 82.5 Å². The topological polar surface area (TPSA) is 50.2 Å². The molecule has 0 aliphatic carbocycles. The van der Waals surface area contributed by atoms with E-state index < -0.39 is 0 Å². The van der Waals surface area contributed by atoms with Crippen LogP contribution in [0.1, 0.15) is 5.56 Å². The molecular formula is C7H9NaO2. The first kappa shape index (κ1) is 12.6. The number of phenolic OH excluding ortho intramolecular Hbond substituents is 1. The van der Waals surface area contributed by atoms with Gasteiger partial charge in [0, 0.05) is 0 Å². The molecule has 50 valence electrons. The summed E-state index contributed by atoms with van der Waals surface area (Å²) in [6.45, 7) is 1.87. The van der Waals surface area contributed by atoms with Crippen LogP contribution in [0.3, 0.4) is 0 Å². The molecule has 0 aliphatic heterocycles. The van der Waals surface area contributed by atoms with Gasteiger partial charge in [-0.1, -0.05) is 18.2 Å². The molecule has 0 atom stereocenters. The number of rotatable bonds is 0. The van der Waals surface area contributed by atoms with Gasteiger partial charge in [0.05, 0.1) is 0 Å². The number of benzene rings is 1. The second kappa shape index (κ2) is 5.74. The Morgan fingerprint density at radius 1 is 1.20 bits per heavy atom. The molecule has 1 rings (SSSR count). The molecule has 3 heteroatoms. The molecule has 0 heterocycles. The molecule has 0 bridgehead atoms. The van der Waals surface area contributed by atoms with E-state index in [2.05, 4.69) is 0 Å². The van der Waals surface area contributed by atoms with Crippen LogP contribution in [0, 0.1) is 6.92 Å². The summed E-state index contributed by atoms with van der Waals surface area (Å²) >= 11 is 0. The molecule has 2 nitrogen and oxygen atoms in total. The van der Waals surface area contributed by atoms with Crippen molar-refractivity contribution in [3.8, 4) is 5.75 Å². The summed E-state index contributed by atoms with van der Waals surface area (Å²) in [5.41, 5.74) is 0.924. The van der Waals surface area contributed by atoms with Crippen LogP contribution in [-0.4, -0.2) is 10.6 Å². The third-order valence-electron chi connectivity index (χ3n) is 1.12. The van der Waals surface area contributed by atoms with E-state index >= 15 is 0 Å². The fourth-order valence-corrected chi connectivity index (χ4v) is 0.563. The van der Waals surface area contributed by atoms with E-state index in [1.807, 2.05) is 25.1 Å². The Bertz CT molecular complexity index is 168. The monoisotopic (exact) mass is 148 g/mol. The van der Waals surface area contributed by atoms with Crippen LogP contribution in [0.4, 0.5) is 0 Å². The van der Waals surface area contributed by atoms with Crippen molar-refractivity contribution in [2.45, 2.75) is 6.92 Å². The van der Waals surface area contributed by atoms with Gasteiger partial charge in [0.1, 0.15) is 5.75 Å². The van der Waals surface area contributed by atoms with E-state index in [4.69, 9.17) is 5.11 Å². The molecule has 10 heavy (non-hydrogen) atoms. The molecule has 0 saturated heterocycles. The Balaban J connectivity index is 0. The maximum absolute atomic E-state index is 8.92. The number of para-hydroxylation sites is 1. The molecule has 1 aromatic carbocycles. The van der Waals surface area contributed by atoms with Crippen molar-refractivity contribution in [3.05, 3.63) is 29.8 Å². The first-order chi connectivity index (χ1) is 3.80. The number of aryl methyl sites for hydroxylation is 1. The van der Waals surface area contributed by atoms with Crippen molar-refractivity contribution in [2.24, 2.45) is 0 Å². The van der Waals surface area contributed by atoms with Gasteiger partial charge in [0.2, 0.25) is 0 Å². The Morgan fingerprint density at radius 3 is 2.00 bits per heavy atom. The van der Waals surface area contributed by atoms with E-state index in [1.165, 1.54) is 0 Å². The van der Waals surface area contributed by atoms with Gasteiger partial charge >= 0.3 is 29.6 Å². The molecule has 0 aliphatic rings. The molecule has 0 saturated carbocycles. The van der Waals surface area contributed by atoms with Gasteiger partial charge in [-0.2, -0.15) is 0 Å². The van der Waals surface area contributed by atoms with Crippen LogP contribution in [0.15, 0.2) is 24.3 Å². The smallest absolute Gasteiger partial charge is 0.870 e. The Morgan fingerprint density at radius 2 is 1.70 bits per heavy atom. The van der Waals surface area contributed by atoms with E-state index in [0.29, 0.717) is 5.75 Å². The predicted molar refractivity (Wildman–Crippen MR) is 34.8 cm³/mol. The third-order valence-corrected chi connectivity index (χ3v) is 1.12. The summed E-state index contributed by atoms with van der Waals surface area (Å²) in [6.07, 6.45) is 0. The van der Waals surface area contributed by atoms with Crippen LogP contribution >= 0.6 is 0 Å². The molecular weight excluding hydrogens is 139 g/mol. The zero-order valence-electron chi connectivity index (χ0n) is 6.20. The number of hydrogen-bond acceptors (Lipinski definition) is 2. The van der Waals surface area contributed by atoms with Gasteiger partial charge in [-0.05, 0) is 18.6 Å². The maximum atomic E-state index is 8.92. The molecule has 1 aromatic rings. The SMILES string of the molecule is Cc1ccccc1O.[Na+].[OH-]. The Hall–Kier alpha value is -0.0200. The predicted octanol–water partition coefficient (Wildman–Crippen LogP) is -1.47. The normalized spacial score (nSPS) is 7.30. The van der Waals surface area contributed by atoms with E-state index in [1.54, 1.807) is 6.07 Å². The first-order valence-corrected chi connectivity index (χ1v) is 2.55. The van der Waals surface area contributed by atoms with Gasteiger partial charge < -0.3 is 10.6 Å². The van der Waals surface area contributed by atoms with Gasteiger partial charge in [0.25, 0.3) is 0 Å². The van der Waals surface area contributed by atoms with Crippen molar-refractivity contribution in [3.63, 3.8) is 0 Å². The van der Waals surface area contributed by atoms with Crippen LogP contribution in [0.5, 0.6) is 5.75 Å². The molecule has 0 aromatic heterocycles. The molecule has 0 amide bonds. The zero-order chi connectivity index (χ0) is 5.98. The Kier molecular flexibility index (Phi) is 7.26. The van der Waals surface area contributed by atoms with Crippen molar-refractivity contribution in [1.82, 2.24) is 0 Å². The van der Waals surface area contributed by atoms with Crippen molar-refractivity contribution in [2.75, 3.05) is 0 Å². The van der Waals surface area contributed by atoms with Crippen LogP contribution in [-0.2, 0) is 0 Å². The van der Waals surface area contributed by atoms with Gasteiger partial charge in [-0.15, -0.1) is 0 Å². The quantitative estimate of drug-likeness (QED) is 0.456. The number of aromatic hydroxyl groups is 1. The van der Waals surface area contributed by atoms with Crippen LogP contribution < -0.4 is 29.6 Å². The second-order valence-electron chi connectivity index (χ2n) is 1.79. The van der Waals surface area contributed by atoms with Crippen LogP contribution in [0.2, 0.25) is 0 Å². The van der Waals surface area contributed by atoms with Crippen LogP contribution in [0.25, 0.3) is 0 Å². The average Bonchev–Trinajstić information content (AvgIpc) is 1.77. The number of phenols is 1. The van der Waals surface area contributed by atoms with E-state index in [0.717, 1.165) is 5.56 Å². The summed E-state index contributed by atoms with van der Waals surface area (Å²) in [5, 5.41) is 8.92. The zero-order valence-corrected chi connectivity index (χ0v) is 8.20. The van der Waals surface area contributed by atoms with Crippen molar-refractivity contribution < 1.29 is 40.1 Å². The molecule has 0 fully saturated rings.